The van der Waals surface area contributed by atoms with Crippen molar-refractivity contribution in [2.45, 2.75) is 19.9 Å². The fourth-order valence-electron chi connectivity index (χ4n) is 2.07. The zero-order valence-corrected chi connectivity index (χ0v) is 11.6. The second-order valence-corrected chi connectivity index (χ2v) is 4.27. The van der Waals surface area contributed by atoms with Gasteiger partial charge in [-0.2, -0.15) is 0 Å². The first kappa shape index (κ1) is 14.4. The number of pyridine rings is 2. The molecule has 106 valence electrons. The lowest BCUT2D eigenvalue weighted by Gasteiger charge is -2.19. The molecule has 0 spiro atoms. The predicted molar refractivity (Wildman–Crippen MR) is 75.1 cm³/mol. The Morgan fingerprint density at radius 3 is 2.80 bits per heavy atom. The summed E-state index contributed by atoms with van der Waals surface area (Å²) in [4.78, 5) is 7.94. The van der Waals surface area contributed by atoms with Crippen molar-refractivity contribution in [3.8, 4) is 5.75 Å². The van der Waals surface area contributed by atoms with Crippen molar-refractivity contribution in [1.29, 1.82) is 0 Å². The van der Waals surface area contributed by atoms with Gasteiger partial charge < -0.3 is 10.1 Å². The highest BCUT2D eigenvalue weighted by Crippen LogP contribution is 2.25. The Morgan fingerprint density at radius 2 is 2.10 bits per heavy atom. The highest BCUT2D eigenvalue weighted by Gasteiger charge is 2.17. The van der Waals surface area contributed by atoms with Gasteiger partial charge in [-0.15, -0.1) is 0 Å². The summed E-state index contributed by atoms with van der Waals surface area (Å²) in [5.41, 5.74) is 1.42. The Kier molecular flexibility index (Phi) is 5.01. The first-order valence-electron chi connectivity index (χ1n) is 6.66. The highest BCUT2D eigenvalue weighted by molar-refractivity contribution is 5.33. The van der Waals surface area contributed by atoms with E-state index in [2.05, 4.69) is 15.3 Å². The van der Waals surface area contributed by atoms with Gasteiger partial charge in [-0.25, -0.2) is 4.39 Å². The molecule has 2 aromatic rings. The van der Waals surface area contributed by atoms with Crippen LogP contribution in [-0.4, -0.2) is 23.1 Å². The van der Waals surface area contributed by atoms with Crippen molar-refractivity contribution < 1.29 is 9.13 Å². The van der Waals surface area contributed by atoms with E-state index in [1.54, 1.807) is 24.7 Å². The molecule has 1 unspecified atom stereocenters. The monoisotopic (exact) mass is 275 g/mol. The summed E-state index contributed by atoms with van der Waals surface area (Å²) in [5.74, 6) is 0.350. The number of aromatic nitrogens is 2. The molecule has 0 saturated heterocycles. The molecule has 5 heteroatoms. The number of nitrogens with one attached hydrogen (secondary N) is 1. The molecule has 0 bridgehead atoms. The van der Waals surface area contributed by atoms with Crippen LogP contribution in [0.4, 0.5) is 4.39 Å². The summed E-state index contributed by atoms with van der Waals surface area (Å²) in [7, 11) is 0. The number of rotatable bonds is 6. The quantitative estimate of drug-likeness (QED) is 0.880. The average molecular weight is 275 g/mol. The predicted octanol–water partition coefficient (Wildman–Crippen LogP) is 2.71. The standard InChI is InChI=1S/C15H18FN3O/c1-3-19-15(13-5-6-17-10-14(13)16)11-7-12(20-4-2)9-18-8-11/h5-10,15,19H,3-4H2,1-2H3. The first-order chi connectivity index (χ1) is 9.76. The fourth-order valence-corrected chi connectivity index (χ4v) is 2.07. The van der Waals surface area contributed by atoms with Gasteiger partial charge in [0.05, 0.1) is 25.0 Å². The topological polar surface area (TPSA) is 47.0 Å². The maximum Gasteiger partial charge on any atom is 0.146 e. The van der Waals surface area contributed by atoms with Gasteiger partial charge in [-0.3, -0.25) is 9.97 Å². The maximum absolute atomic E-state index is 13.9. The third-order valence-electron chi connectivity index (χ3n) is 2.90. The van der Waals surface area contributed by atoms with Crippen molar-refractivity contribution >= 4 is 0 Å². The van der Waals surface area contributed by atoms with Gasteiger partial charge in [0, 0.05) is 18.0 Å². The van der Waals surface area contributed by atoms with E-state index in [0.29, 0.717) is 24.5 Å². The largest absolute Gasteiger partial charge is 0.492 e. The van der Waals surface area contributed by atoms with Crippen LogP contribution in [-0.2, 0) is 0 Å². The number of hydrogen-bond acceptors (Lipinski definition) is 4. The van der Waals surface area contributed by atoms with Crippen molar-refractivity contribution in [3.63, 3.8) is 0 Å². The van der Waals surface area contributed by atoms with Crippen molar-refractivity contribution in [2.75, 3.05) is 13.2 Å². The lowest BCUT2D eigenvalue weighted by Crippen LogP contribution is -2.23. The summed E-state index contributed by atoms with van der Waals surface area (Å²) in [6.07, 6.45) is 6.18. The lowest BCUT2D eigenvalue weighted by atomic mass is 10.0. The molecule has 4 nitrogen and oxygen atoms in total. The van der Waals surface area contributed by atoms with E-state index in [9.17, 15) is 4.39 Å². The number of ether oxygens (including phenoxy) is 1. The zero-order chi connectivity index (χ0) is 14.4. The molecule has 2 heterocycles. The lowest BCUT2D eigenvalue weighted by molar-refractivity contribution is 0.338. The molecular weight excluding hydrogens is 257 g/mol. The van der Waals surface area contributed by atoms with Gasteiger partial charge in [-0.1, -0.05) is 6.92 Å². The van der Waals surface area contributed by atoms with Crippen LogP contribution in [0.1, 0.15) is 31.0 Å². The molecule has 0 aliphatic heterocycles. The van der Waals surface area contributed by atoms with E-state index in [4.69, 9.17) is 4.74 Å². The highest BCUT2D eigenvalue weighted by atomic mass is 19.1. The van der Waals surface area contributed by atoms with E-state index in [1.165, 1.54) is 6.20 Å². The number of halogens is 1. The third-order valence-corrected chi connectivity index (χ3v) is 2.90. The SMILES string of the molecule is CCNC(c1cncc(OCC)c1)c1ccncc1F. The Morgan fingerprint density at radius 1 is 1.25 bits per heavy atom. The molecule has 20 heavy (non-hydrogen) atoms. The minimum Gasteiger partial charge on any atom is -0.492 e. The van der Waals surface area contributed by atoms with Gasteiger partial charge in [0.1, 0.15) is 11.6 Å². The van der Waals surface area contributed by atoms with Gasteiger partial charge in [-0.05, 0) is 31.2 Å². The minimum absolute atomic E-state index is 0.268. The molecule has 0 fully saturated rings. The number of hydrogen-bond donors (Lipinski definition) is 1. The van der Waals surface area contributed by atoms with E-state index in [0.717, 1.165) is 5.56 Å². The molecule has 0 saturated carbocycles. The van der Waals surface area contributed by atoms with Crippen LogP contribution in [0.25, 0.3) is 0 Å². The van der Waals surface area contributed by atoms with Crippen LogP contribution in [0, 0.1) is 5.82 Å². The second kappa shape index (κ2) is 6.96. The van der Waals surface area contributed by atoms with Crippen molar-refractivity contribution in [1.82, 2.24) is 15.3 Å². The first-order valence-corrected chi connectivity index (χ1v) is 6.66. The Balaban J connectivity index is 2.38. The van der Waals surface area contributed by atoms with Crippen LogP contribution >= 0.6 is 0 Å². The minimum atomic E-state index is -0.333. The summed E-state index contributed by atoms with van der Waals surface area (Å²) >= 11 is 0. The second-order valence-electron chi connectivity index (χ2n) is 4.27. The molecule has 0 aliphatic carbocycles. The molecule has 1 N–H and O–H groups in total. The van der Waals surface area contributed by atoms with Crippen LogP contribution in [0.15, 0.2) is 36.9 Å². The molecular formula is C15H18FN3O. The molecule has 0 aliphatic rings. The smallest absolute Gasteiger partial charge is 0.146 e. The van der Waals surface area contributed by atoms with Gasteiger partial charge in [0.2, 0.25) is 0 Å². The zero-order valence-electron chi connectivity index (χ0n) is 11.6. The molecule has 2 aromatic heterocycles. The van der Waals surface area contributed by atoms with Crippen LogP contribution in [0.2, 0.25) is 0 Å². The molecule has 0 radical (unpaired) electrons. The van der Waals surface area contributed by atoms with E-state index in [-0.39, 0.29) is 11.9 Å². The molecule has 0 amide bonds. The summed E-state index contributed by atoms with van der Waals surface area (Å²) in [5, 5.41) is 3.26. The Labute approximate surface area is 118 Å². The summed E-state index contributed by atoms with van der Waals surface area (Å²) in [6, 6.07) is 3.29. The van der Waals surface area contributed by atoms with Crippen LogP contribution in [0.5, 0.6) is 5.75 Å². The van der Waals surface area contributed by atoms with Crippen LogP contribution < -0.4 is 10.1 Å². The normalized spacial score (nSPS) is 12.2. The third kappa shape index (κ3) is 3.30. The van der Waals surface area contributed by atoms with E-state index < -0.39 is 0 Å². The van der Waals surface area contributed by atoms with Crippen molar-refractivity contribution in [2.24, 2.45) is 0 Å². The van der Waals surface area contributed by atoms with E-state index in [1.807, 2.05) is 19.9 Å². The summed E-state index contributed by atoms with van der Waals surface area (Å²) in [6.45, 7) is 5.18. The Bertz CT molecular complexity index is 562. The maximum atomic E-state index is 13.9. The van der Waals surface area contributed by atoms with Crippen LogP contribution in [0.3, 0.4) is 0 Å². The molecule has 1 atom stereocenters. The van der Waals surface area contributed by atoms with E-state index >= 15 is 0 Å². The van der Waals surface area contributed by atoms with Gasteiger partial charge >= 0.3 is 0 Å². The molecule has 0 aromatic carbocycles. The molecule has 2 rings (SSSR count). The summed E-state index contributed by atoms with van der Waals surface area (Å²) < 4.78 is 19.4. The Hall–Kier alpha value is -2.01. The van der Waals surface area contributed by atoms with Crippen molar-refractivity contribution in [3.05, 3.63) is 53.9 Å². The average Bonchev–Trinajstić information content (AvgIpc) is 2.46. The number of nitrogens with zero attached hydrogens (tertiary/aromatic N) is 2. The van der Waals surface area contributed by atoms with Gasteiger partial charge in [0.15, 0.2) is 0 Å². The van der Waals surface area contributed by atoms with Gasteiger partial charge in [0.25, 0.3) is 0 Å². The fraction of sp³-hybridized carbons (Fsp3) is 0.333.